The molecule has 0 aliphatic carbocycles. The van der Waals surface area contributed by atoms with Crippen LogP contribution in [0.25, 0.3) is 0 Å². The lowest BCUT2D eigenvalue weighted by Gasteiger charge is -2.16. The van der Waals surface area contributed by atoms with Gasteiger partial charge in [0.2, 0.25) is 0 Å². The van der Waals surface area contributed by atoms with Crippen LogP contribution in [0.3, 0.4) is 0 Å². The predicted molar refractivity (Wildman–Crippen MR) is 104 cm³/mol. The number of methoxy groups -OCH3 is 1. The summed E-state index contributed by atoms with van der Waals surface area (Å²) in [6, 6.07) is 11.8. The molecule has 0 saturated carbocycles. The van der Waals surface area contributed by atoms with Crippen LogP contribution in [-0.4, -0.2) is 26.6 Å². The van der Waals surface area contributed by atoms with E-state index in [2.05, 4.69) is 37.2 Å². The molecule has 1 unspecified atom stereocenters. The molecule has 0 heterocycles. The Kier molecular flexibility index (Phi) is 6.83. The second-order valence-corrected chi connectivity index (χ2v) is 7.57. The maximum absolute atomic E-state index is 12.3. The first-order chi connectivity index (χ1) is 11.4. The fourth-order valence-corrected chi connectivity index (χ4v) is 3.46. The van der Waals surface area contributed by atoms with Crippen molar-refractivity contribution in [2.45, 2.75) is 13.5 Å². The van der Waals surface area contributed by atoms with Crippen LogP contribution >= 0.6 is 31.9 Å². The highest BCUT2D eigenvalue weighted by Crippen LogP contribution is 2.23. The normalized spacial score (nSPS) is 11.9. The molecule has 1 amide bonds. The summed E-state index contributed by atoms with van der Waals surface area (Å²) in [6.07, 6.45) is 0. The highest BCUT2D eigenvalue weighted by atomic mass is 79.9. The van der Waals surface area contributed by atoms with Crippen LogP contribution in [0.15, 0.2) is 45.3 Å². The number of hydrogen-bond donors (Lipinski definition) is 2. The number of carbonyl (C=O) groups excluding carboxylic acids is 1. The zero-order valence-electron chi connectivity index (χ0n) is 14.0. The van der Waals surface area contributed by atoms with Crippen LogP contribution in [-0.2, 0) is 11.3 Å². The minimum Gasteiger partial charge on any atom is -0.496 e. The van der Waals surface area contributed by atoms with E-state index in [0.717, 1.165) is 36.4 Å². The second-order valence-electron chi connectivity index (χ2n) is 5.80. The number of hydrogen-bond acceptors (Lipinski definition) is 2. The van der Waals surface area contributed by atoms with Gasteiger partial charge >= 0.3 is 0 Å². The van der Waals surface area contributed by atoms with Crippen molar-refractivity contribution in [3.05, 3.63) is 56.5 Å². The van der Waals surface area contributed by atoms with Crippen molar-refractivity contribution in [2.24, 2.45) is 0 Å². The molecule has 0 fully saturated rings. The zero-order valence-corrected chi connectivity index (χ0v) is 17.1. The third-order valence-corrected chi connectivity index (χ3v) is 4.75. The molecule has 6 heteroatoms. The van der Waals surface area contributed by atoms with Crippen LogP contribution in [0, 0.1) is 6.92 Å². The molecule has 2 N–H and O–H groups in total. The first-order valence-electron chi connectivity index (χ1n) is 7.58. The molecule has 2 aromatic carbocycles. The van der Waals surface area contributed by atoms with Gasteiger partial charge in [-0.25, -0.2) is 0 Å². The van der Waals surface area contributed by atoms with Gasteiger partial charge in [-0.2, -0.15) is 0 Å². The van der Waals surface area contributed by atoms with E-state index < -0.39 is 0 Å². The number of halogens is 2. The summed E-state index contributed by atoms with van der Waals surface area (Å²) in [5.74, 6) is 0.810. The maximum atomic E-state index is 12.3. The third-order valence-electron chi connectivity index (χ3n) is 3.60. The molecule has 24 heavy (non-hydrogen) atoms. The average molecular weight is 457 g/mol. The number of carbonyl (C=O) groups is 1. The lowest BCUT2D eigenvalue weighted by atomic mass is 10.2. The largest absolute Gasteiger partial charge is 0.496 e. The van der Waals surface area contributed by atoms with E-state index in [0.29, 0.717) is 13.1 Å². The van der Waals surface area contributed by atoms with Gasteiger partial charge in [-0.15, -0.1) is 0 Å². The Labute approximate surface area is 159 Å². The molecule has 0 radical (unpaired) electrons. The Balaban J connectivity index is 1.98. The van der Waals surface area contributed by atoms with Crippen molar-refractivity contribution >= 4 is 43.5 Å². The van der Waals surface area contributed by atoms with Crippen LogP contribution in [0.5, 0.6) is 5.75 Å². The minimum absolute atomic E-state index is 0.0222. The molecule has 0 bridgehead atoms. The minimum atomic E-state index is -0.0222. The monoisotopic (exact) mass is 455 g/mol. The summed E-state index contributed by atoms with van der Waals surface area (Å²) < 4.78 is 7.28. The van der Waals surface area contributed by atoms with Gasteiger partial charge in [-0.1, -0.05) is 22.0 Å². The second kappa shape index (κ2) is 8.65. The first-order valence-corrected chi connectivity index (χ1v) is 9.17. The Morgan fingerprint density at radius 3 is 2.62 bits per heavy atom. The van der Waals surface area contributed by atoms with Crippen molar-refractivity contribution in [2.75, 3.05) is 26.0 Å². The lowest BCUT2D eigenvalue weighted by Crippen LogP contribution is -3.08. The molecule has 0 aliphatic heterocycles. The molecule has 2 rings (SSSR count). The van der Waals surface area contributed by atoms with Gasteiger partial charge in [0.05, 0.1) is 19.8 Å². The fourth-order valence-electron chi connectivity index (χ4n) is 2.46. The lowest BCUT2D eigenvalue weighted by molar-refractivity contribution is -0.885. The predicted octanol–water partition coefficient (Wildman–Crippen LogP) is 3.18. The van der Waals surface area contributed by atoms with Crippen molar-refractivity contribution in [3.63, 3.8) is 0 Å². The standard InChI is InChI=1S/C18H20Br2N2O2/c1-12-4-6-16(15(20)8-12)21-18(23)11-22(2)10-13-9-14(19)5-7-17(13)24-3/h4-9H,10-11H2,1-3H3,(H,21,23)/p+1. The molecule has 0 saturated heterocycles. The maximum Gasteiger partial charge on any atom is 0.279 e. The van der Waals surface area contributed by atoms with Crippen molar-refractivity contribution < 1.29 is 14.4 Å². The quantitative estimate of drug-likeness (QED) is 0.700. The van der Waals surface area contributed by atoms with Gasteiger partial charge < -0.3 is 15.0 Å². The summed E-state index contributed by atoms with van der Waals surface area (Å²) >= 11 is 6.95. The van der Waals surface area contributed by atoms with Crippen LogP contribution in [0.2, 0.25) is 0 Å². The van der Waals surface area contributed by atoms with E-state index in [9.17, 15) is 4.79 Å². The smallest absolute Gasteiger partial charge is 0.279 e. The van der Waals surface area contributed by atoms with E-state index in [1.54, 1.807) is 7.11 Å². The Bertz CT molecular complexity index is 735. The van der Waals surface area contributed by atoms with E-state index in [1.807, 2.05) is 50.4 Å². The summed E-state index contributed by atoms with van der Waals surface area (Å²) in [4.78, 5) is 13.4. The third kappa shape index (κ3) is 5.33. The highest BCUT2D eigenvalue weighted by Gasteiger charge is 2.14. The zero-order chi connectivity index (χ0) is 17.7. The number of ether oxygens (including phenoxy) is 1. The molecule has 0 spiro atoms. The summed E-state index contributed by atoms with van der Waals surface area (Å²) in [5, 5.41) is 2.95. The molecule has 128 valence electrons. The van der Waals surface area contributed by atoms with Gasteiger partial charge in [0.15, 0.2) is 6.54 Å². The summed E-state index contributed by atoms with van der Waals surface area (Å²) in [6.45, 7) is 3.08. The number of rotatable bonds is 6. The van der Waals surface area contributed by atoms with Gasteiger partial charge in [-0.05, 0) is 58.7 Å². The Hall–Kier alpha value is -1.37. The summed E-state index contributed by atoms with van der Waals surface area (Å²) in [7, 11) is 3.65. The van der Waals surface area contributed by atoms with Gasteiger partial charge in [0.1, 0.15) is 12.3 Å². The molecular formula is C18H21Br2N2O2+. The molecule has 2 aromatic rings. The Morgan fingerprint density at radius 2 is 1.96 bits per heavy atom. The molecule has 1 atom stereocenters. The SMILES string of the molecule is COc1ccc(Br)cc1C[NH+](C)CC(=O)Nc1ccc(C)cc1Br. The number of amides is 1. The molecular weight excluding hydrogens is 436 g/mol. The van der Waals surface area contributed by atoms with Crippen LogP contribution < -0.4 is 15.0 Å². The number of nitrogens with one attached hydrogen (secondary N) is 2. The van der Waals surface area contributed by atoms with Gasteiger partial charge in [-0.3, -0.25) is 4.79 Å². The number of benzene rings is 2. The number of likely N-dealkylation sites (N-methyl/N-ethyl adjacent to an activating group) is 1. The fraction of sp³-hybridized carbons (Fsp3) is 0.278. The van der Waals surface area contributed by atoms with Crippen molar-refractivity contribution in [3.8, 4) is 5.75 Å². The molecule has 0 aliphatic rings. The van der Waals surface area contributed by atoms with Crippen molar-refractivity contribution in [1.82, 2.24) is 0 Å². The highest BCUT2D eigenvalue weighted by molar-refractivity contribution is 9.10. The Morgan fingerprint density at radius 1 is 1.21 bits per heavy atom. The van der Waals surface area contributed by atoms with Gasteiger partial charge in [0, 0.05) is 14.5 Å². The van der Waals surface area contributed by atoms with E-state index in [4.69, 9.17) is 4.74 Å². The van der Waals surface area contributed by atoms with Gasteiger partial charge in [0.25, 0.3) is 5.91 Å². The van der Waals surface area contributed by atoms with Crippen molar-refractivity contribution in [1.29, 1.82) is 0 Å². The number of aryl methyl sites for hydroxylation is 1. The topological polar surface area (TPSA) is 42.8 Å². The van der Waals surface area contributed by atoms with E-state index in [1.165, 1.54) is 0 Å². The first kappa shape index (κ1) is 19.0. The molecule has 0 aromatic heterocycles. The summed E-state index contributed by atoms with van der Waals surface area (Å²) in [5.41, 5.74) is 3.00. The number of anilines is 1. The average Bonchev–Trinajstić information content (AvgIpc) is 2.50. The van der Waals surface area contributed by atoms with E-state index in [-0.39, 0.29) is 5.91 Å². The van der Waals surface area contributed by atoms with E-state index >= 15 is 0 Å². The molecule has 4 nitrogen and oxygen atoms in total. The number of quaternary nitrogens is 1. The van der Waals surface area contributed by atoms with Crippen LogP contribution in [0.1, 0.15) is 11.1 Å². The van der Waals surface area contributed by atoms with Crippen LogP contribution in [0.4, 0.5) is 5.69 Å².